The predicted molar refractivity (Wildman–Crippen MR) is 96.2 cm³/mol. The van der Waals surface area contributed by atoms with Crippen molar-refractivity contribution in [1.29, 1.82) is 0 Å². The van der Waals surface area contributed by atoms with Gasteiger partial charge in [-0.15, -0.1) is 0 Å². The summed E-state index contributed by atoms with van der Waals surface area (Å²) in [6.45, 7) is 9.34. The number of carbonyl (C=O) groups excluding carboxylic acids is 1. The third-order valence-corrected chi connectivity index (χ3v) is 3.75. The molecule has 1 heterocycles. The van der Waals surface area contributed by atoms with Gasteiger partial charge < -0.3 is 9.52 Å². The van der Waals surface area contributed by atoms with Gasteiger partial charge in [-0.3, -0.25) is 4.79 Å². The molecule has 25 heavy (non-hydrogen) atoms. The normalized spacial score (nSPS) is 12.1. The van der Waals surface area contributed by atoms with Crippen molar-refractivity contribution in [3.63, 3.8) is 0 Å². The molecule has 0 radical (unpaired) electrons. The molecule has 6 nitrogen and oxygen atoms in total. The zero-order valence-electron chi connectivity index (χ0n) is 15.0. The van der Waals surface area contributed by atoms with Gasteiger partial charge in [0.15, 0.2) is 0 Å². The van der Waals surface area contributed by atoms with E-state index >= 15 is 0 Å². The van der Waals surface area contributed by atoms with Crippen LogP contribution in [0.5, 0.6) is 5.75 Å². The molecule has 0 saturated heterocycles. The third kappa shape index (κ3) is 4.35. The summed E-state index contributed by atoms with van der Waals surface area (Å²) < 4.78 is 4.94. The van der Waals surface area contributed by atoms with Gasteiger partial charge in [-0.1, -0.05) is 32.9 Å². The Hall–Kier alpha value is -2.89. The van der Waals surface area contributed by atoms with Gasteiger partial charge in [0.25, 0.3) is 5.91 Å². The highest BCUT2D eigenvalue weighted by Gasteiger charge is 2.15. The second-order valence-corrected chi connectivity index (χ2v) is 6.87. The average molecular weight is 342 g/mol. The van der Waals surface area contributed by atoms with Crippen LogP contribution in [0, 0.1) is 6.92 Å². The molecule has 2 N–H and O–H groups in total. The van der Waals surface area contributed by atoms with Crippen molar-refractivity contribution in [1.82, 2.24) is 5.43 Å². The number of hydrogen-bond acceptors (Lipinski definition) is 5. The molecular weight excluding hydrogens is 320 g/mol. The first-order chi connectivity index (χ1) is 11.6. The van der Waals surface area contributed by atoms with E-state index < -0.39 is 11.5 Å². The van der Waals surface area contributed by atoms with Gasteiger partial charge in [-0.25, -0.2) is 10.2 Å². The molecule has 0 spiro atoms. The zero-order chi connectivity index (χ0) is 18.8. The lowest BCUT2D eigenvalue weighted by Crippen LogP contribution is -2.22. The summed E-state index contributed by atoms with van der Waals surface area (Å²) in [5, 5.41) is 13.8. The Bertz CT molecular complexity index is 872. The number of hydrazone groups is 1. The minimum atomic E-state index is -0.706. The smallest absolute Gasteiger partial charge is 0.348 e. The number of nitrogens with zero attached hydrogens (tertiary/aromatic N) is 1. The summed E-state index contributed by atoms with van der Waals surface area (Å²) in [5.41, 5.74) is 3.33. The fraction of sp³-hybridized carbons (Fsp3) is 0.316. The number of hydrogen-bond donors (Lipinski definition) is 2. The SMILES string of the molecule is C/C(=N\NC(=O)c1ccc(C(C)(C)C)cc1)c1c(O)cc(C)oc1=O. The second kappa shape index (κ2) is 6.93. The molecule has 0 saturated carbocycles. The van der Waals surface area contributed by atoms with E-state index in [4.69, 9.17) is 4.42 Å². The highest BCUT2D eigenvalue weighted by Crippen LogP contribution is 2.22. The molecule has 1 aromatic heterocycles. The first-order valence-corrected chi connectivity index (χ1v) is 7.89. The molecule has 2 rings (SSSR count). The topological polar surface area (TPSA) is 91.9 Å². The van der Waals surface area contributed by atoms with Crippen molar-refractivity contribution >= 4 is 11.6 Å². The van der Waals surface area contributed by atoms with E-state index in [-0.39, 0.29) is 22.4 Å². The Labute approximate surface area is 146 Å². The van der Waals surface area contributed by atoms with Gasteiger partial charge in [-0.05, 0) is 37.0 Å². The molecule has 1 amide bonds. The summed E-state index contributed by atoms with van der Waals surface area (Å²) in [7, 11) is 0. The number of nitrogens with one attached hydrogen (secondary N) is 1. The standard InChI is InChI=1S/C19H22N2O4/c1-11-10-15(22)16(18(24)25-11)12(2)20-21-17(23)13-6-8-14(9-7-13)19(3,4)5/h6-10,22H,1-5H3,(H,21,23)/b20-12+. The molecule has 0 aliphatic rings. The fourth-order valence-electron chi connectivity index (χ4n) is 2.31. The molecule has 0 unspecified atom stereocenters. The van der Waals surface area contributed by atoms with Crippen LogP contribution in [0.2, 0.25) is 0 Å². The first kappa shape index (κ1) is 18.4. The minimum absolute atomic E-state index is 0.000735. The fourth-order valence-corrected chi connectivity index (χ4v) is 2.31. The summed E-state index contributed by atoms with van der Waals surface area (Å²) >= 11 is 0. The van der Waals surface area contributed by atoms with Crippen LogP contribution in [0.25, 0.3) is 0 Å². The molecule has 6 heteroatoms. The molecule has 0 aliphatic carbocycles. The Balaban J connectivity index is 2.19. The molecule has 0 aliphatic heterocycles. The van der Waals surface area contributed by atoms with Crippen molar-refractivity contribution in [2.75, 3.05) is 0 Å². The third-order valence-electron chi connectivity index (χ3n) is 3.75. The van der Waals surface area contributed by atoms with Crippen molar-refractivity contribution in [2.24, 2.45) is 5.10 Å². The number of benzene rings is 1. The molecular formula is C19H22N2O4. The van der Waals surface area contributed by atoms with Crippen LogP contribution in [0.3, 0.4) is 0 Å². The maximum atomic E-state index is 12.2. The van der Waals surface area contributed by atoms with Crippen LogP contribution in [0.1, 0.15) is 54.9 Å². The highest BCUT2D eigenvalue weighted by molar-refractivity contribution is 6.02. The van der Waals surface area contributed by atoms with Crippen LogP contribution >= 0.6 is 0 Å². The summed E-state index contributed by atoms with van der Waals surface area (Å²) in [5.74, 6) is -0.350. The van der Waals surface area contributed by atoms with Crippen molar-refractivity contribution in [3.05, 3.63) is 63.2 Å². The van der Waals surface area contributed by atoms with E-state index in [1.54, 1.807) is 19.1 Å². The van der Waals surface area contributed by atoms with Gasteiger partial charge in [0.05, 0.1) is 5.71 Å². The number of rotatable bonds is 3. The molecule has 0 bridgehead atoms. The zero-order valence-corrected chi connectivity index (χ0v) is 15.0. The van der Waals surface area contributed by atoms with Crippen LogP contribution in [0.15, 0.2) is 44.6 Å². The Morgan fingerprint density at radius 3 is 2.32 bits per heavy atom. The van der Waals surface area contributed by atoms with Gasteiger partial charge in [-0.2, -0.15) is 5.10 Å². The molecule has 2 aromatic rings. The maximum absolute atomic E-state index is 12.2. The highest BCUT2D eigenvalue weighted by atomic mass is 16.4. The Morgan fingerprint density at radius 1 is 1.20 bits per heavy atom. The number of aryl methyl sites for hydroxylation is 1. The van der Waals surface area contributed by atoms with Crippen molar-refractivity contribution < 1.29 is 14.3 Å². The van der Waals surface area contributed by atoms with Crippen LogP contribution in [-0.2, 0) is 5.41 Å². The van der Waals surface area contributed by atoms with Gasteiger partial charge in [0, 0.05) is 11.6 Å². The quantitative estimate of drug-likeness (QED) is 0.662. The Kier molecular flexibility index (Phi) is 5.11. The lowest BCUT2D eigenvalue weighted by molar-refractivity contribution is 0.0954. The van der Waals surface area contributed by atoms with Gasteiger partial charge >= 0.3 is 5.63 Å². The average Bonchev–Trinajstić information content (AvgIpc) is 2.51. The lowest BCUT2D eigenvalue weighted by Gasteiger charge is -2.18. The summed E-state index contributed by atoms with van der Waals surface area (Å²) in [4.78, 5) is 24.0. The van der Waals surface area contributed by atoms with E-state index in [0.29, 0.717) is 11.3 Å². The maximum Gasteiger partial charge on any atom is 0.348 e. The molecule has 0 fully saturated rings. The number of aromatic hydroxyl groups is 1. The van der Waals surface area contributed by atoms with Crippen LogP contribution in [0.4, 0.5) is 0 Å². The molecule has 1 aromatic carbocycles. The number of carbonyl (C=O) groups is 1. The van der Waals surface area contributed by atoms with Crippen LogP contribution < -0.4 is 11.1 Å². The monoisotopic (exact) mass is 342 g/mol. The molecule has 0 atom stereocenters. The van der Waals surface area contributed by atoms with Crippen molar-refractivity contribution in [2.45, 2.75) is 40.0 Å². The van der Waals surface area contributed by atoms with E-state index in [2.05, 4.69) is 31.3 Å². The van der Waals surface area contributed by atoms with E-state index in [1.165, 1.54) is 13.0 Å². The van der Waals surface area contributed by atoms with Gasteiger partial charge in [0.2, 0.25) is 0 Å². The summed E-state index contributed by atoms with van der Waals surface area (Å²) in [6.07, 6.45) is 0. The van der Waals surface area contributed by atoms with E-state index in [9.17, 15) is 14.7 Å². The van der Waals surface area contributed by atoms with E-state index in [0.717, 1.165) is 5.56 Å². The summed E-state index contributed by atoms with van der Waals surface area (Å²) in [6, 6.07) is 8.55. The van der Waals surface area contributed by atoms with Gasteiger partial charge in [0.1, 0.15) is 17.1 Å². The minimum Gasteiger partial charge on any atom is -0.507 e. The predicted octanol–water partition coefficient (Wildman–Crippen LogP) is 3.11. The molecule has 132 valence electrons. The first-order valence-electron chi connectivity index (χ1n) is 7.89. The Morgan fingerprint density at radius 2 is 1.80 bits per heavy atom. The second-order valence-electron chi connectivity index (χ2n) is 6.87. The van der Waals surface area contributed by atoms with Crippen molar-refractivity contribution in [3.8, 4) is 5.75 Å². The number of amides is 1. The lowest BCUT2D eigenvalue weighted by atomic mass is 9.87. The van der Waals surface area contributed by atoms with E-state index in [1.807, 2.05) is 12.1 Å². The van der Waals surface area contributed by atoms with Crippen LogP contribution in [-0.4, -0.2) is 16.7 Å². The largest absolute Gasteiger partial charge is 0.507 e.